The Labute approximate surface area is 133 Å². The number of aromatic nitrogens is 1. The number of esters is 1. The molecule has 120 valence electrons. The highest BCUT2D eigenvalue weighted by Crippen LogP contribution is 2.24. The predicted octanol–water partition coefficient (Wildman–Crippen LogP) is 2.35. The van der Waals surface area contributed by atoms with E-state index in [-0.39, 0.29) is 23.7 Å². The number of ether oxygens (including phenoxy) is 1. The zero-order chi connectivity index (χ0) is 16.3. The van der Waals surface area contributed by atoms with Gasteiger partial charge in [0.25, 0.3) is 0 Å². The van der Waals surface area contributed by atoms with Gasteiger partial charge in [-0.3, -0.25) is 0 Å². The molecule has 6 nitrogen and oxygen atoms in total. The molecule has 2 aromatic rings. The van der Waals surface area contributed by atoms with Crippen molar-refractivity contribution in [3.05, 3.63) is 39.3 Å². The minimum Gasteiger partial charge on any atom is -0.461 e. The Bertz CT molecular complexity index is 761. The molecule has 0 saturated carbocycles. The van der Waals surface area contributed by atoms with Crippen molar-refractivity contribution in [3.8, 4) is 0 Å². The van der Waals surface area contributed by atoms with E-state index in [0.29, 0.717) is 11.3 Å². The summed E-state index contributed by atoms with van der Waals surface area (Å²) in [6.07, 6.45) is 0. The lowest BCUT2D eigenvalue weighted by molar-refractivity contribution is 0.0519. The van der Waals surface area contributed by atoms with Gasteiger partial charge in [0.2, 0.25) is 10.0 Å². The lowest BCUT2D eigenvalue weighted by atomic mass is 10.2. The minimum absolute atomic E-state index is 0.104. The maximum atomic E-state index is 12.5. The highest BCUT2D eigenvalue weighted by atomic mass is 32.2. The maximum Gasteiger partial charge on any atom is 0.355 e. The van der Waals surface area contributed by atoms with Crippen LogP contribution in [0.2, 0.25) is 0 Å². The lowest BCUT2D eigenvalue weighted by Gasteiger charge is -2.07. The van der Waals surface area contributed by atoms with Crippen LogP contribution in [0.4, 0.5) is 0 Å². The van der Waals surface area contributed by atoms with Gasteiger partial charge in [0.1, 0.15) is 10.6 Å². The molecule has 22 heavy (non-hydrogen) atoms. The molecule has 0 aliphatic carbocycles. The monoisotopic (exact) mass is 342 g/mol. The molecule has 8 heteroatoms. The maximum absolute atomic E-state index is 12.5. The first-order chi connectivity index (χ1) is 10.4. The number of carbonyl (C=O) groups excluding carboxylic acids is 1. The Morgan fingerprint density at radius 2 is 2.14 bits per heavy atom. The van der Waals surface area contributed by atoms with Crippen LogP contribution in [0.3, 0.4) is 0 Å². The molecule has 0 bridgehead atoms. The Balaban J connectivity index is 2.29. The number of carbonyl (C=O) groups is 1. The third kappa shape index (κ3) is 3.40. The van der Waals surface area contributed by atoms with Gasteiger partial charge in [0.05, 0.1) is 6.61 Å². The van der Waals surface area contributed by atoms with E-state index in [1.54, 1.807) is 20.8 Å². The first-order valence-electron chi connectivity index (χ1n) is 6.75. The Morgan fingerprint density at radius 1 is 1.41 bits per heavy atom. The summed E-state index contributed by atoms with van der Waals surface area (Å²) in [7, 11) is -3.71. The second-order valence-electron chi connectivity index (χ2n) is 4.70. The lowest BCUT2D eigenvalue weighted by Crippen LogP contribution is -2.24. The van der Waals surface area contributed by atoms with E-state index in [2.05, 4.69) is 9.71 Å². The third-order valence-electron chi connectivity index (χ3n) is 3.13. The molecular weight excluding hydrogens is 324 g/mol. The van der Waals surface area contributed by atoms with Gasteiger partial charge in [-0.1, -0.05) is 6.07 Å². The van der Waals surface area contributed by atoms with Crippen molar-refractivity contribution in [2.75, 3.05) is 6.61 Å². The Hall–Kier alpha value is -1.64. The molecule has 0 atom stereocenters. The fourth-order valence-electron chi connectivity index (χ4n) is 2.19. The normalized spacial score (nSPS) is 11.6. The number of nitrogens with one attached hydrogen (secondary N) is 2. The number of hydrogen-bond donors (Lipinski definition) is 2. The second kappa shape index (κ2) is 6.64. The van der Waals surface area contributed by atoms with Crippen LogP contribution in [0.5, 0.6) is 0 Å². The number of sulfonamides is 1. The number of aryl methyl sites for hydroxylation is 1. The van der Waals surface area contributed by atoms with E-state index in [9.17, 15) is 13.2 Å². The average Bonchev–Trinajstić information content (AvgIpc) is 3.05. The van der Waals surface area contributed by atoms with Gasteiger partial charge in [-0.2, -0.15) is 0 Å². The molecule has 2 rings (SSSR count). The van der Waals surface area contributed by atoms with Crippen molar-refractivity contribution in [1.29, 1.82) is 0 Å². The zero-order valence-electron chi connectivity index (χ0n) is 12.6. The van der Waals surface area contributed by atoms with Crippen LogP contribution in [-0.4, -0.2) is 26.0 Å². The first-order valence-corrected chi connectivity index (χ1v) is 9.11. The number of thiophene rings is 1. The minimum atomic E-state index is -3.71. The summed E-state index contributed by atoms with van der Waals surface area (Å²) in [5.41, 5.74) is 0.963. The molecule has 0 amide bonds. The highest BCUT2D eigenvalue weighted by Gasteiger charge is 2.26. The summed E-state index contributed by atoms with van der Waals surface area (Å²) < 4.78 is 32.4. The SMILES string of the molecule is CCOC(=O)c1[nH]c(C)c(S(=O)(=O)NCc2cccs2)c1C. The molecule has 0 spiro atoms. The molecule has 0 fully saturated rings. The summed E-state index contributed by atoms with van der Waals surface area (Å²) in [5.74, 6) is -0.553. The van der Waals surface area contributed by atoms with Gasteiger partial charge in [0, 0.05) is 22.7 Å². The van der Waals surface area contributed by atoms with Crippen LogP contribution < -0.4 is 4.72 Å². The fourth-order valence-corrected chi connectivity index (χ4v) is 4.38. The summed E-state index contributed by atoms with van der Waals surface area (Å²) in [6, 6.07) is 3.72. The summed E-state index contributed by atoms with van der Waals surface area (Å²) in [5, 5.41) is 1.88. The summed E-state index contributed by atoms with van der Waals surface area (Å²) in [6.45, 7) is 5.36. The van der Waals surface area contributed by atoms with E-state index in [1.807, 2.05) is 17.5 Å². The van der Waals surface area contributed by atoms with E-state index < -0.39 is 16.0 Å². The van der Waals surface area contributed by atoms with Crippen molar-refractivity contribution in [3.63, 3.8) is 0 Å². The Kier molecular flexibility index (Phi) is 5.05. The molecule has 0 aliphatic rings. The standard InChI is InChI=1S/C14H18N2O4S2/c1-4-20-14(17)12-9(2)13(10(3)16-12)22(18,19)15-8-11-6-5-7-21-11/h5-7,15-16H,4,8H2,1-3H3. The third-order valence-corrected chi connectivity index (χ3v) is 5.68. The van der Waals surface area contributed by atoms with Crippen molar-refractivity contribution in [2.45, 2.75) is 32.2 Å². The van der Waals surface area contributed by atoms with E-state index >= 15 is 0 Å². The van der Waals surface area contributed by atoms with Crippen molar-refractivity contribution >= 4 is 27.3 Å². The topological polar surface area (TPSA) is 88.3 Å². The van der Waals surface area contributed by atoms with Crippen LogP contribution in [-0.2, 0) is 21.3 Å². The molecular formula is C14H18N2O4S2. The molecule has 0 radical (unpaired) electrons. The van der Waals surface area contributed by atoms with Gasteiger partial charge in [-0.05, 0) is 32.2 Å². The molecule has 2 heterocycles. The smallest absolute Gasteiger partial charge is 0.355 e. The molecule has 2 aromatic heterocycles. The van der Waals surface area contributed by atoms with Gasteiger partial charge >= 0.3 is 5.97 Å². The first kappa shape index (κ1) is 16.7. The van der Waals surface area contributed by atoms with Crippen LogP contribution in [0.1, 0.15) is 33.5 Å². The largest absolute Gasteiger partial charge is 0.461 e. The number of aromatic amines is 1. The highest BCUT2D eigenvalue weighted by molar-refractivity contribution is 7.89. The number of H-pyrrole nitrogens is 1. The van der Waals surface area contributed by atoms with Crippen molar-refractivity contribution in [1.82, 2.24) is 9.71 Å². The molecule has 0 aromatic carbocycles. The van der Waals surface area contributed by atoms with Crippen LogP contribution in [0, 0.1) is 13.8 Å². The Morgan fingerprint density at radius 3 is 2.73 bits per heavy atom. The van der Waals surface area contributed by atoms with Crippen molar-refractivity contribution < 1.29 is 17.9 Å². The van der Waals surface area contributed by atoms with Crippen LogP contribution in [0.15, 0.2) is 22.4 Å². The molecule has 0 aliphatic heterocycles. The average molecular weight is 342 g/mol. The second-order valence-corrected chi connectivity index (χ2v) is 7.44. The molecule has 2 N–H and O–H groups in total. The number of rotatable bonds is 6. The zero-order valence-corrected chi connectivity index (χ0v) is 14.2. The fraction of sp³-hybridized carbons (Fsp3) is 0.357. The molecule has 0 unspecified atom stereocenters. The quantitative estimate of drug-likeness (QED) is 0.789. The van der Waals surface area contributed by atoms with Gasteiger partial charge in [-0.15, -0.1) is 11.3 Å². The van der Waals surface area contributed by atoms with Gasteiger partial charge in [-0.25, -0.2) is 17.9 Å². The van der Waals surface area contributed by atoms with Crippen LogP contribution >= 0.6 is 11.3 Å². The molecule has 0 saturated heterocycles. The number of hydrogen-bond acceptors (Lipinski definition) is 5. The van der Waals surface area contributed by atoms with E-state index in [4.69, 9.17) is 4.74 Å². The van der Waals surface area contributed by atoms with Crippen LogP contribution in [0.25, 0.3) is 0 Å². The predicted molar refractivity (Wildman–Crippen MR) is 84.6 cm³/mol. The van der Waals surface area contributed by atoms with E-state index in [1.165, 1.54) is 11.3 Å². The van der Waals surface area contributed by atoms with Gasteiger partial charge < -0.3 is 9.72 Å². The van der Waals surface area contributed by atoms with Gasteiger partial charge in [0.15, 0.2) is 0 Å². The summed E-state index contributed by atoms with van der Waals surface area (Å²) >= 11 is 1.48. The van der Waals surface area contributed by atoms with Crippen molar-refractivity contribution in [2.24, 2.45) is 0 Å². The summed E-state index contributed by atoms with van der Waals surface area (Å²) in [4.78, 5) is 15.7. The van der Waals surface area contributed by atoms with E-state index in [0.717, 1.165) is 4.88 Å².